The third-order valence-corrected chi connectivity index (χ3v) is 12.2. The molecule has 5 nitrogen and oxygen atoms in total. The summed E-state index contributed by atoms with van der Waals surface area (Å²) >= 11 is 0. The summed E-state index contributed by atoms with van der Waals surface area (Å²) in [6.07, 6.45) is 1.93. The molecule has 2 aliphatic heterocycles. The van der Waals surface area contributed by atoms with Crippen molar-refractivity contribution < 1.29 is 25.8 Å². The summed E-state index contributed by atoms with van der Waals surface area (Å²) in [7, 11) is 0. The van der Waals surface area contributed by atoms with Crippen LogP contribution in [0.1, 0.15) is 105 Å². The van der Waals surface area contributed by atoms with Crippen LogP contribution in [-0.2, 0) is 42.7 Å². The predicted octanol–water partition coefficient (Wildman–Crippen LogP) is 14.1. The van der Waals surface area contributed by atoms with E-state index in [1.54, 1.807) is 0 Å². The Hall–Kier alpha value is -4.54. The van der Waals surface area contributed by atoms with Gasteiger partial charge in [0.1, 0.15) is 5.82 Å². The third-order valence-electron chi connectivity index (χ3n) is 12.2. The van der Waals surface area contributed by atoms with Crippen LogP contribution in [0.2, 0.25) is 0 Å². The standard InChI is InChI=1S/C52H55N4O.Pt/c1-49(2,3)34-15-13-16-38(27-34)55-33-56(55,47-29-36(51(7,8)9)20-24-46(47)55)39-17-14-18-40(31-39)57-41-21-23-43-42-22-19-35(50(4,5)6)28-44(42)54(45(43)32-41)48-30-37(25-26-53-48)52(10,11)12;/h13-30,33H,1-12H3;/q-1;/t55-,56?;/m0./s1. The van der Waals surface area contributed by atoms with Gasteiger partial charge in [0, 0.05) is 68.5 Å². The van der Waals surface area contributed by atoms with E-state index in [1.807, 2.05) is 18.3 Å². The van der Waals surface area contributed by atoms with Crippen molar-refractivity contribution in [3.63, 3.8) is 0 Å². The Labute approximate surface area is 359 Å². The van der Waals surface area contributed by atoms with Gasteiger partial charge < -0.3 is 9.30 Å². The van der Waals surface area contributed by atoms with E-state index in [4.69, 9.17) is 9.72 Å². The fourth-order valence-corrected chi connectivity index (χ4v) is 8.63. The van der Waals surface area contributed by atoms with E-state index >= 15 is 0 Å². The molecule has 1 saturated heterocycles. The molecule has 300 valence electrons. The molecule has 0 N–H and O–H groups in total. The molecule has 0 radical (unpaired) electrons. The molecule has 6 heteroatoms. The van der Waals surface area contributed by atoms with Gasteiger partial charge in [-0.2, -0.15) is 16.7 Å². The molecule has 0 saturated carbocycles. The molecule has 0 spiro atoms. The van der Waals surface area contributed by atoms with Gasteiger partial charge in [-0.25, -0.2) is 9.58 Å². The second-order valence-electron chi connectivity index (χ2n) is 20.3. The van der Waals surface area contributed by atoms with E-state index in [-0.39, 0.29) is 42.7 Å². The Morgan fingerprint density at radius 1 is 0.552 bits per heavy atom. The van der Waals surface area contributed by atoms with Gasteiger partial charge in [-0.15, -0.1) is 29.7 Å². The van der Waals surface area contributed by atoms with Crippen molar-refractivity contribution in [1.82, 2.24) is 18.7 Å². The van der Waals surface area contributed by atoms with E-state index in [0.29, 0.717) is 20.7 Å². The quantitative estimate of drug-likeness (QED) is 0.0977. The van der Waals surface area contributed by atoms with Crippen molar-refractivity contribution in [1.29, 1.82) is 0 Å². The van der Waals surface area contributed by atoms with Crippen molar-refractivity contribution in [3.05, 3.63) is 150 Å². The van der Waals surface area contributed by atoms with Crippen LogP contribution in [-0.4, -0.2) is 9.55 Å². The van der Waals surface area contributed by atoms with Gasteiger partial charge in [-0.3, -0.25) is 0 Å². The third kappa shape index (κ3) is 6.19. The second-order valence-corrected chi connectivity index (χ2v) is 20.3. The number of hydrogen-bond donors (Lipinski definition) is 0. The van der Waals surface area contributed by atoms with E-state index in [0.717, 1.165) is 27.9 Å². The molecule has 5 aromatic carbocycles. The topological polar surface area (TPSA) is 27.1 Å². The zero-order chi connectivity index (χ0) is 40.5. The number of rotatable bonds is 5. The number of ether oxygens (including phenoxy) is 1. The summed E-state index contributed by atoms with van der Waals surface area (Å²) in [6, 6.07) is 45.2. The van der Waals surface area contributed by atoms with Crippen LogP contribution in [0.4, 0.5) is 22.7 Å². The number of aromatic nitrogens is 2. The van der Waals surface area contributed by atoms with Crippen molar-refractivity contribution in [2.75, 3.05) is 0 Å². The van der Waals surface area contributed by atoms with E-state index < -0.39 is 0 Å². The van der Waals surface area contributed by atoms with Gasteiger partial charge in [-0.05, 0) is 67.5 Å². The van der Waals surface area contributed by atoms with Crippen LogP contribution in [0.15, 0.2) is 109 Å². The molecule has 0 bridgehead atoms. The molecule has 58 heavy (non-hydrogen) atoms. The van der Waals surface area contributed by atoms with Gasteiger partial charge in [0.2, 0.25) is 11.4 Å². The number of pyridine rings is 1. The van der Waals surface area contributed by atoms with Crippen molar-refractivity contribution in [2.45, 2.75) is 105 Å². The van der Waals surface area contributed by atoms with Crippen LogP contribution in [0, 0.1) is 18.8 Å². The summed E-state index contributed by atoms with van der Waals surface area (Å²) in [5.74, 6) is 2.16. The minimum atomic E-state index is -0.0240. The predicted molar refractivity (Wildman–Crippen MR) is 238 cm³/mol. The van der Waals surface area contributed by atoms with Crippen molar-refractivity contribution in [2.24, 2.45) is 0 Å². The van der Waals surface area contributed by atoms with Gasteiger partial charge in [0.25, 0.3) is 0 Å². The summed E-state index contributed by atoms with van der Waals surface area (Å²) in [5.41, 5.74) is 12.1. The first-order chi connectivity index (χ1) is 26.7. The summed E-state index contributed by atoms with van der Waals surface area (Å²) in [5, 5.41) is 2.28. The SMILES string of the molecule is CC(C)(C)c1cccc([N@+]23[CH-][N+]2(c2[c-]c(Oc4[c-]c5c(cc4)c4ccc(C(C)(C)C)cc4n5-c4cc(C(C)(C)C)ccn4)ccc2)c2cc(C(C)(C)C)ccc23)c1.[Pt]. The zero-order valence-corrected chi connectivity index (χ0v) is 38.3. The van der Waals surface area contributed by atoms with E-state index in [1.165, 1.54) is 44.7 Å². The minimum Gasteiger partial charge on any atom is -0.509 e. The number of benzene rings is 5. The smallest absolute Gasteiger partial charge is 0.225 e. The molecule has 1 unspecified atom stereocenters. The van der Waals surface area contributed by atoms with Crippen molar-refractivity contribution in [3.8, 4) is 17.3 Å². The average Bonchev–Trinajstić information content (AvgIpc) is 3.64. The molecule has 0 amide bonds. The second kappa shape index (κ2) is 13.2. The Morgan fingerprint density at radius 2 is 1.16 bits per heavy atom. The van der Waals surface area contributed by atoms with Crippen LogP contribution >= 0.6 is 0 Å². The maximum Gasteiger partial charge on any atom is 0.225 e. The number of fused-ring (bicyclic) bond motifs is 7. The van der Waals surface area contributed by atoms with E-state index in [9.17, 15) is 0 Å². The normalized spacial score (nSPS) is 19.0. The molecule has 7 aromatic rings. The fourth-order valence-electron chi connectivity index (χ4n) is 8.63. The first-order valence-corrected chi connectivity index (χ1v) is 20.3. The van der Waals surface area contributed by atoms with Gasteiger partial charge in [0.15, 0.2) is 12.4 Å². The largest absolute Gasteiger partial charge is 0.509 e. The maximum atomic E-state index is 6.74. The number of hydrogen-bond acceptors (Lipinski definition) is 2. The van der Waals surface area contributed by atoms with E-state index in [2.05, 4.69) is 197 Å². The van der Waals surface area contributed by atoms with Crippen LogP contribution < -0.4 is 13.9 Å². The van der Waals surface area contributed by atoms with Crippen molar-refractivity contribution >= 4 is 44.6 Å². The molecule has 2 aromatic heterocycles. The number of quaternary nitrogens is 2. The molecule has 2 atom stereocenters. The molecule has 9 rings (SSSR count). The molecular weight excluding hydrogens is 892 g/mol. The summed E-state index contributed by atoms with van der Waals surface area (Å²) in [6.45, 7) is 29.6. The molecule has 0 aliphatic carbocycles. The van der Waals surface area contributed by atoms with Crippen LogP contribution in [0.5, 0.6) is 11.5 Å². The zero-order valence-electron chi connectivity index (χ0n) is 36.0. The summed E-state index contributed by atoms with van der Waals surface area (Å²) < 4.78 is 10.2. The Balaban J connectivity index is 0.00000469. The van der Waals surface area contributed by atoms with Crippen LogP contribution in [0.25, 0.3) is 27.6 Å². The van der Waals surface area contributed by atoms with Gasteiger partial charge in [0.05, 0.1) is 5.69 Å². The summed E-state index contributed by atoms with van der Waals surface area (Å²) in [4.78, 5) is 4.94. The monoisotopic (exact) mass is 946 g/mol. The fraction of sp³-hybridized carbons (Fsp3) is 0.308. The first-order valence-electron chi connectivity index (χ1n) is 20.3. The number of nitrogens with zero attached hydrogens (tertiary/aromatic N) is 4. The van der Waals surface area contributed by atoms with Gasteiger partial charge >= 0.3 is 0 Å². The van der Waals surface area contributed by atoms with Crippen LogP contribution in [0.3, 0.4) is 0 Å². The first kappa shape index (κ1) is 40.2. The average molecular weight is 947 g/mol. The Bertz CT molecular complexity index is 2750. The molecule has 4 heterocycles. The molecule has 2 aliphatic rings. The molecule has 1 fully saturated rings. The maximum absolute atomic E-state index is 6.74. The van der Waals surface area contributed by atoms with Gasteiger partial charge in [-0.1, -0.05) is 125 Å². The molecular formula is C52H55N4OPt-. The minimum absolute atomic E-state index is 0. The Morgan fingerprint density at radius 3 is 1.86 bits per heavy atom. The Kier molecular flexibility index (Phi) is 9.18.